The van der Waals surface area contributed by atoms with Crippen LogP contribution in [0.5, 0.6) is 11.5 Å². The summed E-state index contributed by atoms with van der Waals surface area (Å²) in [4.78, 5) is 12.9. The van der Waals surface area contributed by atoms with E-state index in [4.69, 9.17) is 9.47 Å². The first-order valence-corrected chi connectivity index (χ1v) is 10.9. The second-order valence-electron chi connectivity index (χ2n) is 6.28. The zero-order valence-electron chi connectivity index (χ0n) is 15.6. The Labute approximate surface area is 172 Å². The minimum Gasteiger partial charge on any atom is -0.493 e. The van der Waals surface area contributed by atoms with E-state index >= 15 is 0 Å². The summed E-state index contributed by atoms with van der Waals surface area (Å²) in [5, 5.41) is 2.76. The lowest BCUT2D eigenvalue weighted by atomic mass is 10.2. The Bertz CT molecular complexity index is 988. The van der Waals surface area contributed by atoms with E-state index in [9.17, 15) is 13.2 Å². The first-order valence-electron chi connectivity index (χ1n) is 8.70. The Balaban J connectivity index is 1.88. The van der Waals surface area contributed by atoms with Gasteiger partial charge in [0.2, 0.25) is 10.0 Å². The Morgan fingerprint density at radius 2 is 1.71 bits per heavy atom. The molecule has 1 fully saturated rings. The smallest absolute Gasteiger partial charge is 0.256 e. The standard InChI is InChI=1S/C19H21BrN2O5S/c1-26-17-8-5-13(11-18(17)27-2)21-19(23)15-12-14(6-7-16(15)20)28(24,25)22-9-3-4-10-22/h5-8,11-12H,3-4,9-10H2,1-2H3,(H,21,23). The molecule has 0 atom stereocenters. The molecule has 2 aromatic rings. The van der Waals surface area contributed by atoms with E-state index in [1.54, 1.807) is 24.3 Å². The Hall–Kier alpha value is -2.10. The summed E-state index contributed by atoms with van der Waals surface area (Å²) in [7, 11) is -0.574. The van der Waals surface area contributed by atoms with E-state index in [1.807, 2.05) is 0 Å². The van der Waals surface area contributed by atoms with E-state index in [0.717, 1.165) is 12.8 Å². The number of ether oxygens (including phenoxy) is 2. The van der Waals surface area contributed by atoms with Crippen molar-refractivity contribution in [2.24, 2.45) is 0 Å². The summed E-state index contributed by atoms with van der Waals surface area (Å²) in [6, 6.07) is 9.47. The maximum atomic E-state index is 12.8. The third kappa shape index (κ3) is 4.16. The van der Waals surface area contributed by atoms with Crippen molar-refractivity contribution in [2.75, 3.05) is 32.6 Å². The lowest BCUT2D eigenvalue weighted by Crippen LogP contribution is -2.28. The van der Waals surface area contributed by atoms with Gasteiger partial charge in [-0.25, -0.2) is 8.42 Å². The molecule has 150 valence electrons. The number of rotatable bonds is 6. The normalized spacial score (nSPS) is 14.7. The molecule has 0 aliphatic carbocycles. The van der Waals surface area contributed by atoms with Crippen LogP contribution in [0.25, 0.3) is 0 Å². The second kappa shape index (κ2) is 8.50. The van der Waals surface area contributed by atoms with Crippen LogP contribution in [0.15, 0.2) is 45.8 Å². The average Bonchev–Trinajstić information content (AvgIpc) is 3.23. The number of carbonyl (C=O) groups excluding carboxylic acids is 1. The summed E-state index contributed by atoms with van der Waals surface area (Å²) in [5.41, 5.74) is 0.734. The van der Waals surface area contributed by atoms with Gasteiger partial charge in [-0.05, 0) is 59.1 Å². The molecule has 2 aromatic carbocycles. The van der Waals surface area contributed by atoms with Crippen molar-refractivity contribution < 1.29 is 22.7 Å². The molecule has 0 unspecified atom stereocenters. The van der Waals surface area contributed by atoms with Crippen molar-refractivity contribution >= 4 is 37.5 Å². The quantitative estimate of drug-likeness (QED) is 0.700. The molecule has 1 N–H and O–H groups in total. The predicted molar refractivity (Wildman–Crippen MR) is 110 cm³/mol. The minimum absolute atomic E-state index is 0.107. The van der Waals surface area contributed by atoms with Crippen molar-refractivity contribution in [3.05, 3.63) is 46.4 Å². The molecule has 0 radical (unpaired) electrons. The van der Waals surface area contributed by atoms with Gasteiger partial charge >= 0.3 is 0 Å². The number of benzene rings is 2. The van der Waals surface area contributed by atoms with Gasteiger partial charge in [-0.2, -0.15) is 4.31 Å². The number of methoxy groups -OCH3 is 2. The second-order valence-corrected chi connectivity index (χ2v) is 9.07. The van der Waals surface area contributed by atoms with E-state index in [-0.39, 0.29) is 10.5 Å². The van der Waals surface area contributed by atoms with Gasteiger partial charge in [0.1, 0.15) is 0 Å². The molecule has 1 heterocycles. The van der Waals surface area contributed by atoms with Crippen LogP contribution < -0.4 is 14.8 Å². The molecular weight excluding hydrogens is 448 g/mol. The summed E-state index contributed by atoms with van der Waals surface area (Å²) >= 11 is 3.33. The molecule has 7 nitrogen and oxygen atoms in total. The maximum Gasteiger partial charge on any atom is 0.256 e. The molecule has 3 rings (SSSR count). The molecule has 1 aliphatic heterocycles. The van der Waals surface area contributed by atoms with Gasteiger partial charge in [0.15, 0.2) is 11.5 Å². The highest BCUT2D eigenvalue weighted by Crippen LogP contribution is 2.31. The van der Waals surface area contributed by atoms with E-state index in [1.165, 1.54) is 30.7 Å². The van der Waals surface area contributed by atoms with Crippen LogP contribution in [0, 0.1) is 0 Å². The van der Waals surface area contributed by atoms with Gasteiger partial charge < -0.3 is 14.8 Å². The third-order valence-corrected chi connectivity index (χ3v) is 7.11. The number of nitrogens with zero attached hydrogens (tertiary/aromatic N) is 1. The molecule has 1 amide bonds. The number of hydrogen-bond donors (Lipinski definition) is 1. The number of carbonyl (C=O) groups is 1. The number of halogens is 1. The minimum atomic E-state index is -3.61. The molecule has 1 aliphatic rings. The van der Waals surface area contributed by atoms with Gasteiger partial charge in [0.05, 0.1) is 24.7 Å². The Morgan fingerprint density at radius 3 is 2.36 bits per heavy atom. The van der Waals surface area contributed by atoms with E-state index in [2.05, 4.69) is 21.2 Å². The summed E-state index contributed by atoms with van der Waals surface area (Å²) in [6.07, 6.45) is 1.70. The predicted octanol–water partition coefficient (Wildman–Crippen LogP) is 3.50. The van der Waals surface area contributed by atoms with Gasteiger partial charge in [-0.3, -0.25) is 4.79 Å². The molecule has 0 aromatic heterocycles. The van der Waals surface area contributed by atoms with Crippen LogP contribution in [0.2, 0.25) is 0 Å². The molecule has 0 spiro atoms. The monoisotopic (exact) mass is 468 g/mol. The fourth-order valence-corrected chi connectivity index (χ4v) is 5.00. The fourth-order valence-electron chi connectivity index (χ4n) is 3.03. The van der Waals surface area contributed by atoms with Crippen molar-refractivity contribution in [1.29, 1.82) is 0 Å². The van der Waals surface area contributed by atoms with Gasteiger partial charge in [0.25, 0.3) is 5.91 Å². The van der Waals surface area contributed by atoms with Crippen LogP contribution in [-0.2, 0) is 10.0 Å². The molecule has 0 bridgehead atoms. The Kier molecular flexibility index (Phi) is 6.26. The third-order valence-electron chi connectivity index (χ3n) is 4.53. The van der Waals surface area contributed by atoms with Crippen LogP contribution in [-0.4, -0.2) is 45.9 Å². The van der Waals surface area contributed by atoms with Crippen molar-refractivity contribution in [3.8, 4) is 11.5 Å². The maximum absolute atomic E-state index is 12.8. The van der Waals surface area contributed by atoms with Crippen LogP contribution in [0.4, 0.5) is 5.69 Å². The largest absolute Gasteiger partial charge is 0.493 e. The van der Waals surface area contributed by atoms with Crippen LogP contribution >= 0.6 is 15.9 Å². The van der Waals surface area contributed by atoms with Gasteiger partial charge in [-0.15, -0.1) is 0 Å². The number of sulfonamides is 1. The topological polar surface area (TPSA) is 84.9 Å². The number of hydrogen-bond acceptors (Lipinski definition) is 5. The summed E-state index contributed by atoms with van der Waals surface area (Å²) in [5.74, 6) is 0.586. The lowest BCUT2D eigenvalue weighted by Gasteiger charge is -2.16. The molecule has 0 saturated carbocycles. The zero-order valence-corrected chi connectivity index (χ0v) is 18.0. The number of nitrogens with one attached hydrogen (secondary N) is 1. The highest BCUT2D eigenvalue weighted by molar-refractivity contribution is 9.10. The van der Waals surface area contributed by atoms with Crippen molar-refractivity contribution in [2.45, 2.75) is 17.7 Å². The van der Waals surface area contributed by atoms with E-state index < -0.39 is 15.9 Å². The van der Waals surface area contributed by atoms with Crippen molar-refractivity contribution in [1.82, 2.24) is 4.31 Å². The summed E-state index contributed by atoms with van der Waals surface area (Å²) < 4.78 is 37.9. The molecular formula is C19H21BrN2O5S. The SMILES string of the molecule is COc1ccc(NC(=O)c2cc(S(=O)(=O)N3CCCC3)ccc2Br)cc1OC. The highest BCUT2D eigenvalue weighted by Gasteiger charge is 2.28. The van der Waals surface area contributed by atoms with E-state index in [0.29, 0.717) is 34.7 Å². The van der Waals surface area contributed by atoms with Crippen molar-refractivity contribution in [3.63, 3.8) is 0 Å². The first kappa shape index (κ1) is 20.6. The lowest BCUT2D eigenvalue weighted by molar-refractivity contribution is 0.102. The average molecular weight is 469 g/mol. The van der Waals surface area contributed by atoms with Gasteiger partial charge in [-0.1, -0.05) is 0 Å². The summed E-state index contributed by atoms with van der Waals surface area (Å²) in [6.45, 7) is 1.01. The van der Waals surface area contributed by atoms with Crippen LogP contribution in [0.1, 0.15) is 23.2 Å². The van der Waals surface area contributed by atoms with Gasteiger partial charge in [0, 0.05) is 29.3 Å². The molecule has 9 heteroatoms. The Morgan fingerprint density at radius 1 is 1.04 bits per heavy atom. The molecule has 28 heavy (non-hydrogen) atoms. The zero-order chi connectivity index (χ0) is 20.3. The highest BCUT2D eigenvalue weighted by atomic mass is 79.9. The van der Waals surface area contributed by atoms with Crippen LogP contribution in [0.3, 0.4) is 0 Å². The number of anilines is 1. The number of amides is 1. The first-order chi connectivity index (χ1) is 13.4. The molecule has 1 saturated heterocycles. The fraction of sp³-hybridized carbons (Fsp3) is 0.316.